The van der Waals surface area contributed by atoms with E-state index in [1.807, 2.05) is 10.8 Å². The van der Waals surface area contributed by atoms with Gasteiger partial charge < -0.3 is 15.0 Å². The number of nitrogens with one attached hydrogen (secondary N) is 1. The zero-order chi connectivity index (χ0) is 14.4. The van der Waals surface area contributed by atoms with Crippen molar-refractivity contribution in [2.75, 3.05) is 6.54 Å². The summed E-state index contributed by atoms with van der Waals surface area (Å²) in [4.78, 5) is 27.0. The molecule has 106 valence electrons. The first-order chi connectivity index (χ1) is 9.66. The molecular formula is C13H15N3O3S. The van der Waals surface area contributed by atoms with Crippen LogP contribution in [0.15, 0.2) is 30.9 Å². The Morgan fingerprint density at radius 2 is 2.10 bits per heavy atom. The molecule has 0 aliphatic carbocycles. The minimum atomic E-state index is -1.01. The molecule has 0 aliphatic heterocycles. The monoisotopic (exact) mass is 293 g/mol. The number of imidazole rings is 1. The van der Waals surface area contributed by atoms with Crippen LogP contribution in [0.3, 0.4) is 0 Å². The van der Waals surface area contributed by atoms with Crippen molar-refractivity contribution in [1.82, 2.24) is 14.9 Å². The summed E-state index contributed by atoms with van der Waals surface area (Å²) >= 11 is 0.987. The molecule has 2 aromatic rings. The Bertz CT molecular complexity index is 577. The highest BCUT2D eigenvalue weighted by atomic mass is 32.1. The molecule has 0 unspecified atom stereocenters. The van der Waals surface area contributed by atoms with Crippen molar-refractivity contribution in [3.63, 3.8) is 0 Å². The van der Waals surface area contributed by atoms with E-state index >= 15 is 0 Å². The molecule has 6 nitrogen and oxygen atoms in total. The number of nitrogens with zero attached hydrogens (tertiary/aromatic N) is 2. The number of unbranched alkanes of at least 4 members (excludes halogenated alkanes) is 1. The molecule has 0 saturated heterocycles. The maximum atomic E-state index is 11.8. The number of thiophene rings is 1. The molecule has 0 fully saturated rings. The Morgan fingerprint density at radius 1 is 1.30 bits per heavy atom. The van der Waals surface area contributed by atoms with Gasteiger partial charge in [0, 0.05) is 25.5 Å². The molecular weight excluding hydrogens is 278 g/mol. The lowest BCUT2D eigenvalue weighted by atomic mass is 10.3. The topological polar surface area (TPSA) is 84.2 Å². The number of aromatic nitrogens is 2. The molecule has 1 amide bonds. The highest BCUT2D eigenvalue weighted by Crippen LogP contribution is 2.16. The zero-order valence-electron chi connectivity index (χ0n) is 10.8. The predicted molar refractivity (Wildman–Crippen MR) is 75.1 cm³/mol. The quantitative estimate of drug-likeness (QED) is 0.763. The van der Waals surface area contributed by atoms with Crippen LogP contribution in [-0.2, 0) is 6.54 Å². The zero-order valence-corrected chi connectivity index (χ0v) is 11.6. The van der Waals surface area contributed by atoms with Gasteiger partial charge in [0.05, 0.1) is 11.2 Å². The first-order valence-corrected chi connectivity index (χ1v) is 7.05. The molecule has 0 atom stereocenters. The number of amides is 1. The molecule has 2 N–H and O–H groups in total. The molecule has 0 radical (unpaired) electrons. The van der Waals surface area contributed by atoms with Crippen LogP contribution in [0.5, 0.6) is 0 Å². The van der Waals surface area contributed by atoms with Gasteiger partial charge in [-0.05, 0) is 25.0 Å². The number of aromatic carboxylic acids is 1. The summed E-state index contributed by atoms with van der Waals surface area (Å²) in [7, 11) is 0. The van der Waals surface area contributed by atoms with Crippen molar-refractivity contribution in [3.05, 3.63) is 40.6 Å². The van der Waals surface area contributed by atoms with Crippen LogP contribution in [0, 0.1) is 0 Å². The third kappa shape index (κ3) is 3.92. The van der Waals surface area contributed by atoms with Crippen LogP contribution in [0.2, 0.25) is 0 Å². The smallest absolute Gasteiger partial charge is 0.345 e. The number of carboxylic acids is 1. The fourth-order valence-electron chi connectivity index (χ4n) is 1.70. The van der Waals surface area contributed by atoms with Crippen LogP contribution in [0.4, 0.5) is 0 Å². The van der Waals surface area contributed by atoms with Crippen molar-refractivity contribution in [1.29, 1.82) is 0 Å². The number of hydrogen-bond donors (Lipinski definition) is 2. The lowest BCUT2D eigenvalue weighted by molar-refractivity contribution is 0.0702. The highest BCUT2D eigenvalue weighted by molar-refractivity contribution is 7.15. The lowest BCUT2D eigenvalue weighted by Gasteiger charge is -2.04. The van der Waals surface area contributed by atoms with E-state index < -0.39 is 5.97 Å². The Balaban J connectivity index is 1.68. The van der Waals surface area contributed by atoms with E-state index in [1.54, 1.807) is 12.5 Å². The third-order valence-electron chi connectivity index (χ3n) is 2.73. The molecule has 2 aromatic heterocycles. The maximum Gasteiger partial charge on any atom is 0.345 e. The lowest BCUT2D eigenvalue weighted by Crippen LogP contribution is -2.23. The third-order valence-corrected chi connectivity index (χ3v) is 3.80. The number of aryl methyl sites for hydroxylation is 1. The molecule has 2 heterocycles. The van der Waals surface area contributed by atoms with Gasteiger partial charge in [-0.1, -0.05) is 0 Å². The van der Waals surface area contributed by atoms with Crippen LogP contribution >= 0.6 is 11.3 Å². The fourth-order valence-corrected chi connectivity index (χ4v) is 2.46. The second kappa shape index (κ2) is 6.85. The van der Waals surface area contributed by atoms with E-state index in [-0.39, 0.29) is 10.8 Å². The van der Waals surface area contributed by atoms with Crippen LogP contribution in [0.25, 0.3) is 0 Å². The summed E-state index contributed by atoms with van der Waals surface area (Å²) < 4.78 is 1.99. The summed E-state index contributed by atoms with van der Waals surface area (Å²) in [6.45, 7) is 1.45. The highest BCUT2D eigenvalue weighted by Gasteiger charge is 2.12. The van der Waals surface area contributed by atoms with Crippen LogP contribution in [0.1, 0.15) is 32.2 Å². The minimum absolute atomic E-state index is 0.176. The molecule has 7 heteroatoms. The molecule has 20 heavy (non-hydrogen) atoms. The first-order valence-electron chi connectivity index (χ1n) is 6.24. The van der Waals surface area contributed by atoms with Gasteiger partial charge in [-0.15, -0.1) is 11.3 Å². The average Bonchev–Trinajstić information content (AvgIpc) is 3.09. The molecule has 0 spiro atoms. The summed E-state index contributed by atoms with van der Waals surface area (Å²) in [5.41, 5.74) is 0. The number of carbonyl (C=O) groups excluding carboxylic acids is 1. The molecule has 2 rings (SSSR count). The van der Waals surface area contributed by atoms with E-state index in [9.17, 15) is 9.59 Å². The van der Waals surface area contributed by atoms with Gasteiger partial charge in [0.25, 0.3) is 5.91 Å². The average molecular weight is 293 g/mol. The van der Waals surface area contributed by atoms with Crippen LogP contribution in [-0.4, -0.2) is 33.1 Å². The second-order valence-corrected chi connectivity index (χ2v) is 5.32. The predicted octanol–water partition coefficient (Wildman–Crippen LogP) is 1.85. The van der Waals surface area contributed by atoms with E-state index in [1.165, 1.54) is 12.1 Å². The fraction of sp³-hybridized carbons (Fsp3) is 0.308. The van der Waals surface area contributed by atoms with E-state index in [2.05, 4.69) is 10.3 Å². The van der Waals surface area contributed by atoms with Gasteiger partial charge in [-0.3, -0.25) is 4.79 Å². The summed E-state index contributed by atoms with van der Waals surface area (Å²) in [6, 6.07) is 2.98. The molecule has 0 aromatic carbocycles. The van der Waals surface area contributed by atoms with Gasteiger partial charge in [0.15, 0.2) is 0 Å². The summed E-state index contributed by atoms with van der Waals surface area (Å²) in [5.74, 6) is -1.22. The molecule has 0 saturated carbocycles. The number of rotatable bonds is 7. The van der Waals surface area contributed by atoms with Crippen molar-refractivity contribution in [3.8, 4) is 0 Å². The second-order valence-electron chi connectivity index (χ2n) is 4.23. The van der Waals surface area contributed by atoms with Crippen molar-refractivity contribution in [2.24, 2.45) is 0 Å². The number of carbonyl (C=O) groups is 2. The van der Waals surface area contributed by atoms with E-state index in [4.69, 9.17) is 5.11 Å². The Morgan fingerprint density at radius 3 is 2.75 bits per heavy atom. The van der Waals surface area contributed by atoms with Gasteiger partial charge in [-0.25, -0.2) is 9.78 Å². The van der Waals surface area contributed by atoms with Gasteiger partial charge in [0.1, 0.15) is 4.88 Å². The molecule has 0 aliphatic rings. The normalized spacial score (nSPS) is 10.4. The summed E-state index contributed by atoms with van der Waals surface area (Å²) in [6.07, 6.45) is 7.20. The minimum Gasteiger partial charge on any atom is -0.477 e. The Hall–Kier alpha value is -2.15. The Labute approximate surface area is 120 Å². The standard InChI is InChI=1S/C13H15N3O3S/c17-12(10-3-4-11(20-10)13(18)19)15-5-1-2-7-16-8-6-14-9-16/h3-4,6,8-9H,1-2,5,7H2,(H,15,17)(H,18,19). The van der Waals surface area contributed by atoms with Crippen molar-refractivity contribution < 1.29 is 14.7 Å². The van der Waals surface area contributed by atoms with E-state index in [0.29, 0.717) is 11.4 Å². The van der Waals surface area contributed by atoms with Crippen molar-refractivity contribution >= 4 is 23.2 Å². The van der Waals surface area contributed by atoms with Gasteiger partial charge in [0.2, 0.25) is 0 Å². The molecule has 0 bridgehead atoms. The summed E-state index contributed by atoms with van der Waals surface area (Å²) in [5, 5.41) is 11.6. The Kier molecular flexibility index (Phi) is 4.89. The van der Waals surface area contributed by atoms with Crippen LogP contribution < -0.4 is 5.32 Å². The van der Waals surface area contributed by atoms with Gasteiger partial charge >= 0.3 is 5.97 Å². The first kappa shape index (κ1) is 14.3. The van der Waals surface area contributed by atoms with Crippen molar-refractivity contribution in [2.45, 2.75) is 19.4 Å². The van der Waals surface area contributed by atoms with Gasteiger partial charge in [-0.2, -0.15) is 0 Å². The SMILES string of the molecule is O=C(O)c1ccc(C(=O)NCCCCn2ccnc2)s1. The number of hydrogen-bond acceptors (Lipinski definition) is 4. The maximum absolute atomic E-state index is 11.8. The number of carboxylic acid groups (broad SMARTS) is 1. The largest absolute Gasteiger partial charge is 0.477 e. The van der Waals surface area contributed by atoms with E-state index in [0.717, 1.165) is 30.7 Å².